The van der Waals surface area contributed by atoms with E-state index in [0.717, 1.165) is 17.4 Å². The molecular formula is C8H5BrF3N3S. The molecule has 0 saturated carbocycles. The summed E-state index contributed by atoms with van der Waals surface area (Å²) in [7, 11) is 0. The summed E-state index contributed by atoms with van der Waals surface area (Å²) in [6, 6.07) is 2.34. The van der Waals surface area contributed by atoms with Crippen LogP contribution >= 0.6 is 27.3 Å². The monoisotopic (exact) mass is 311 g/mol. The van der Waals surface area contributed by atoms with E-state index in [0.29, 0.717) is 4.47 Å². The lowest BCUT2D eigenvalue weighted by atomic mass is 10.2. The summed E-state index contributed by atoms with van der Waals surface area (Å²) in [5.41, 5.74) is 1.79. The number of nitrogens with zero attached hydrogens (tertiary/aromatic N) is 1. The van der Waals surface area contributed by atoms with Crippen LogP contribution in [0.5, 0.6) is 0 Å². The first-order chi connectivity index (χ1) is 7.43. The summed E-state index contributed by atoms with van der Waals surface area (Å²) >= 11 is 4.02. The largest absolute Gasteiger partial charge is 0.417 e. The van der Waals surface area contributed by atoms with Gasteiger partial charge in [-0.2, -0.15) is 13.2 Å². The summed E-state index contributed by atoms with van der Waals surface area (Å²) in [5.74, 6) is 5.12. The van der Waals surface area contributed by atoms with Crippen LogP contribution in [0, 0.1) is 0 Å². The maximum atomic E-state index is 12.7. The van der Waals surface area contributed by atoms with Crippen LogP contribution in [0.3, 0.4) is 0 Å². The molecule has 0 unspecified atom stereocenters. The Hall–Kier alpha value is -0.860. The second kappa shape index (κ2) is 3.86. The van der Waals surface area contributed by atoms with Gasteiger partial charge in [0, 0.05) is 4.47 Å². The van der Waals surface area contributed by atoms with Crippen LogP contribution < -0.4 is 11.3 Å². The number of benzene rings is 1. The van der Waals surface area contributed by atoms with Crippen LogP contribution in [0.2, 0.25) is 0 Å². The van der Waals surface area contributed by atoms with Gasteiger partial charge in [-0.15, -0.1) is 0 Å². The number of anilines is 1. The highest BCUT2D eigenvalue weighted by atomic mass is 79.9. The van der Waals surface area contributed by atoms with Crippen molar-refractivity contribution in [2.45, 2.75) is 6.18 Å². The third-order valence-electron chi connectivity index (χ3n) is 1.92. The van der Waals surface area contributed by atoms with Gasteiger partial charge >= 0.3 is 6.18 Å². The third kappa shape index (κ3) is 1.87. The number of rotatable bonds is 1. The second-order valence-electron chi connectivity index (χ2n) is 2.93. The first kappa shape index (κ1) is 11.6. The number of nitrogen functional groups attached to an aromatic ring is 1. The maximum Gasteiger partial charge on any atom is 0.417 e. The maximum absolute atomic E-state index is 12.7. The van der Waals surface area contributed by atoms with Gasteiger partial charge in [-0.25, -0.2) is 10.8 Å². The molecule has 2 rings (SSSR count). The molecule has 16 heavy (non-hydrogen) atoms. The summed E-state index contributed by atoms with van der Waals surface area (Å²) < 4.78 is 38.6. The van der Waals surface area contributed by atoms with E-state index >= 15 is 0 Å². The highest BCUT2D eigenvalue weighted by molar-refractivity contribution is 9.10. The Balaban J connectivity index is 2.77. The van der Waals surface area contributed by atoms with Crippen LogP contribution in [0.4, 0.5) is 18.3 Å². The molecule has 2 aromatic rings. The van der Waals surface area contributed by atoms with Crippen LogP contribution in [-0.4, -0.2) is 4.98 Å². The Labute approximate surface area is 101 Å². The highest BCUT2D eigenvalue weighted by Crippen LogP contribution is 2.40. The molecule has 1 aromatic heterocycles. The number of thiazole rings is 1. The standard InChI is InChI=1S/C8H5BrF3N3S/c9-4-2-1-3(8(10,11)12)6-5(4)14-7(15-13)16-6/h1-2H,13H2,(H,14,15). The molecule has 1 heterocycles. The SMILES string of the molecule is NNc1nc2c(Br)ccc(C(F)(F)F)c2s1. The number of hydrazine groups is 1. The van der Waals surface area contributed by atoms with Crippen molar-refractivity contribution in [3.05, 3.63) is 22.2 Å². The zero-order valence-electron chi connectivity index (χ0n) is 7.60. The Morgan fingerprint density at radius 1 is 1.38 bits per heavy atom. The van der Waals surface area contributed by atoms with E-state index < -0.39 is 11.7 Å². The topological polar surface area (TPSA) is 50.9 Å². The highest BCUT2D eigenvalue weighted by Gasteiger charge is 2.34. The molecule has 0 radical (unpaired) electrons. The number of halogens is 4. The molecule has 3 nitrogen and oxygen atoms in total. The Morgan fingerprint density at radius 2 is 2.06 bits per heavy atom. The fraction of sp³-hybridized carbons (Fsp3) is 0.125. The third-order valence-corrected chi connectivity index (χ3v) is 3.58. The van der Waals surface area contributed by atoms with Crippen LogP contribution in [0.15, 0.2) is 16.6 Å². The predicted molar refractivity (Wildman–Crippen MR) is 60.1 cm³/mol. The van der Waals surface area contributed by atoms with Crippen LogP contribution in [0.25, 0.3) is 10.2 Å². The van der Waals surface area contributed by atoms with E-state index in [2.05, 4.69) is 26.3 Å². The van der Waals surface area contributed by atoms with Gasteiger partial charge in [0.2, 0.25) is 0 Å². The number of nitrogens with two attached hydrogens (primary N) is 1. The average Bonchev–Trinajstić information content (AvgIpc) is 2.60. The smallest absolute Gasteiger partial charge is 0.300 e. The normalized spacial score (nSPS) is 12.1. The van der Waals surface area contributed by atoms with Gasteiger partial charge in [-0.05, 0) is 28.1 Å². The van der Waals surface area contributed by atoms with E-state index in [1.54, 1.807) is 0 Å². The zero-order chi connectivity index (χ0) is 11.9. The summed E-state index contributed by atoms with van der Waals surface area (Å²) in [6.45, 7) is 0. The number of hydrogen-bond acceptors (Lipinski definition) is 4. The van der Waals surface area contributed by atoms with Crippen LogP contribution in [-0.2, 0) is 6.18 Å². The lowest BCUT2D eigenvalue weighted by Gasteiger charge is -2.07. The second-order valence-corrected chi connectivity index (χ2v) is 4.79. The summed E-state index contributed by atoms with van der Waals surface area (Å²) in [6.07, 6.45) is -4.39. The summed E-state index contributed by atoms with van der Waals surface area (Å²) in [5, 5.41) is 0.243. The van der Waals surface area contributed by atoms with Gasteiger partial charge in [0.1, 0.15) is 0 Å². The molecule has 0 spiro atoms. The van der Waals surface area contributed by atoms with Gasteiger partial charge in [0.15, 0.2) is 5.13 Å². The van der Waals surface area contributed by atoms with Crippen molar-refractivity contribution in [3.63, 3.8) is 0 Å². The van der Waals surface area contributed by atoms with Gasteiger partial charge in [-0.3, -0.25) is 5.43 Å². The van der Waals surface area contributed by atoms with Gasteiger partial charge < -0.3 is 0 Å². The van der Waals surface area contributed by atoms with Gasteiger partial charge in [0.25, 0.3) is 0 Å². The molecule has 0 bridgehead atoms. The minimum atomic E-state index is -4.39. The number of alkyl halides is 3. The number of hydrogen-bond donors (Lipinski definition) is 2. The van der Waals surface area contributed by atoms with Crippen molar-refractivity contribution < 1.29 is 13.2 Å². The Kier molecular flexibility index (Phi) is 2.81. The molecule has 0 fully saturated rings. The molecule has 0 aliphatic carbocycles. The minimum absolute atomic E-state index is 0.0647. The molecular weight excluding hydrogens is 307 g/mol. The van der Waals surface area contributed by atoms with Crippen molar-refractivity contribution in [2.24, 2.45) is 5.84 Å². The molecule has 0 amide bonds. The summed E-state index contributed by atoms with van der Waals surface area (Å²) in [4.78, 5) is 3.94. The number of fused-ring (bicyclic) bond motifs is 1. The molecule has 0 saturated heterocycles. The molecule has 0 atom stereocenters. The fourth-order valence-corrected chi connectivity index (χ4v) is 2.75. The van der Waals surface area contributed by atoms with Gasteiger partial charge in [-0.1, -0.05) is 11.3 Å². The van der Waals surface area contributed by atoms with E-state index in [4.69, 9.17) is 5.84 Å². The lowest BCUT2D eigenvalue weighted by Crippen LogP contribution is -2.05. The molecule has 0 aliphatic heterocycles. The molecule has 0 aliphatic rings. The van der Waals surface area contributed by atoms with Crippen molar-refractivity contribution >= 4 is 42.6 Å². The van der Waals surface area contributed by atoms with Crippen molar-refractivity contribution in [2.75, 3.05) is 5.43 Å². The van der Waals surface area contributed by atoms with E-state index in [1.807, 2.05) is 0 Å². The van der Waals surface area contributed by atoms with Crippen molar-refractivity contribution in [1.82, 2.24) is 4.98 Å². The number of aromatic nitrogens is 1. The van der Waals surface area contributed by atoms with E-state index in [1.165, 1.54) is 6.07 Å². The lowest BCUT2D eigenvalue weighted by molar-refractivity contribution is -0.136. The zero-order valence-corrected chi connectivity index (χ0v) is 10.0. The minimum Gasteiger partial charge on any atom is -0.300 e. The van der Waals surface area contributed by atoms with E-state index in [-0.39, 0.29) is 15.3 Å². The van der Waals surface area contributed by atoms with Crippen molar-refractivity contribution in [3.8, 4) is 0 Å². The molecule has 8 heteroatoms. The number of nitrogens with one attached hydrogen (secondary N) is 1. The van der Waals surface area contributed by atoms with Crippen molar-refractivity contribution in [1.29, 1.82) is 0 Å². The first-order valence-electron chi connectivity index (χ1n) is 4.06. The Bertz CT molecular complexity index is 537. The molecule has 3 N–H and O–H groups in total. The Morgan fingerprint density at radius 3 is 2.62 bits per heavy atom. The predicted octanol–water partition coefficient (Wildman–Crippen LogP) is 3.36. The van der Waals surface area contributed by atoms with E-state index in [9.17, 15) is 13.2 Å². The quantitative estimate of drug-likeness (QED) is 0.627. The molecule has 86 valence electrons. The fourth-order valence-electron chi connectivity index (χ4n) is 1.26. The molecule has 1 aromatic carbocycles. The first-order valence-corrected chi connectivity index (χ1v) is 5.67. The van der Waals surface area contributed by atoms with Crippen LogP contribution in [0.1, 0.15) is 5.56 Å². The van der Waals surface area contributed by atoms with Gasteiger partial charge in [0.05, 0.1) is 15.8 Å². The average molecular weight is 312 g/mol.